The van der Waals surface area contributed by atoms with Crippen molar-refractivity contribution < 1.29 is 14.3 Å². The van der Waals surface area contributed by atoms with E-state index >= 15 is 0 Å². The average molecular weight is 327 g/mol. The highest BCUT2D eigenvalue weighted by Crippen LogP contribution is 2.19. The van der Waals surface area contributed by atoms with Crippen LogP contribution >= 0.6 is 0 Å². The maximum atomic E-state index is 12.2. The Kier molecular flexibility index (Phi) is 6.67. The first-order chi connectivity index (χ1) is 11.6. The van der Waals surface area contributed by atoms with Crippen LogP contribution in [-0.4, -0.2) is 25.7 Å². The van der Waals surface area contributed by atoms with Gasteiger partial charge in [0.25, 0.3) is 5.91 Å². The van der Waals surface area contributed by atoms with Gasteiger partial charge in [-0.05, 0) is 49.1 Å². The SMILES string of the molecule is CCc1ccccc1O[C@H](C)C(=O)NCCc1ccc(OC)cc1. The summed E-state index contributed by atoms with van der Waals surface area (Å²) >= 11 is 0. The fraction of sp³-hybridized carbons (Fsp3) is 0.350. The van der Waals surface area contributed by atoms with Gasteiger partial charge in [0, 0.05) is 6.54 Å². The number of amides is 1. The number of benzene rings is 2. The molecule has 0 spiro atoms. The first kappa shape index (κ1) is 17.9. The minimum Gasteiger partial charge on any atom is -0.497 e. The van der Waals surface area contributed by atoms with E-state index in [1.54, 1.807) is 14.0 Å². The number of rotatable bonds is 8. The Labute approximate surface area is 143 Å². The van der Waals surface area contributed by atoms with Crippen LogP contribution in [0.3, 0.4) is 0 Å². The Morgan fingerprint density at radius 2 is 1.83 bits per heavy atom. The molecule has 1 atom stereocenters. The summed E-state index contributed by atoms with van der Waals surface area (Å²) < 4.78 is 10.9. The first-order valence-corrected chi connectivity index (χ1v) is 8.29. The Balaban J connectivity index is 1.80. The number of nitrogens with one attached hydrogen (secondary N) is 1. The first-order valence-electron chi connectivity index (χ1n) is 8.29. The molecule has 0 aromatic heterocycles. The van der Waals surface area contributed by atoms with Crippen molar-refractivity contribution in [2.24, 2.45) is 0 Å². The molecule has 0 heterocycles. The van der Waals surface area contributed by atoms with Crippen molar-refractivity contribution in [3.05, 3.63) is 59.7 Å². The van der Waals surface area contributed by atoms with E-state index in [9.17, 15) is 4.79 Å². The summed E-state index contributed by atoms with van der Waals surface area (Å²) in [5.41, 5.74) is 2.26. The summed E-state index contributed by atoms with van der Waals surface area (Å²) in [6, 6.07) is 15.7. The third-order valence-electron chi connectivity index (χ3n) is 3.90. The van der Waals surface area contributed by atoms with Crippen molar-refractivity contribution in [2.45, 2.75) is 32.8 Å². The summed E-state index contributed by atoms with van der Waals surface area (Å²) in [5.74, 6) is 1.51. The van der Waals surface area contributed by atoms with E-state index < -0.39 is 6.10 Å². The largest absolute Gasteiger partial charge is 0.497 e. The Morgan fingerprint density at radius 1 is 1.12 bits per heavy atom. The second-order valence-electron chi connectivity index (χ2n) is 5.61. The number of hydrogen-bond acceptors (Lipinski definition) is 3. The fourth-order valence-electron chi connectivity index (χ4n) is 2.42. The molecule has 2 aromatic rings. The molecule has 128 valence electrons. The molecular formula is C20H25NO3. The molecule has 0 saturated heterocycles. The van der Waals surface area contributed by atoms with Crippen LogP contribution in [0.4, 0.5) is 0 Å². The molecular weight excluding hydrogens is 302 g/mol. The lowest BCUT2D eigenvalue weighted by Crippen LogP contribution is -2.37. The van der Waals surface area contributed by atoms with Gasteiger partial charge in [0.2, 0.25) is 0 Å². The second kappa shape index (κ2) is 8.96. The Bertz CT molecular complexity index is 652. The van der Waals surface area contributed by atoms with Gasteiger partial charge < -0.3 is 14.8 Å². The summed E-state index contributed by atoms with van der Waals surface area (Å²) in [6.07, 6.45) is 1.13. The van der Waals surface area contributed by atoms with Crippen LogP contribution in [0.5, 0.6) is 11.5 Å². The summed E-state index contributed by atoms with van der Waals surface area (Å²) in [5, 5.41) is 2.92. The van der Waals surface area contributed by atoms with Crippen molar-refractivity contribution in [1.29, 1.82) is 0 Å². The molecule has 4 nitrogen and oxygen atoms in total. The maximum absolute atomic E-state index is 12.2. The summed E-state index contributed by atoms with van der Waals surface area (Å²) in [7, 11) is 1.65. The lowest BCUT2D eigenvalue weighted by atomic mass is 10.1. The van der Waals surface area contributed by atoms with Gasteiger partial charge in [0.05, 0.1) is 7.11 Å². The van der Waals surface area contributed by atoms with Gasteiger partial charge in [-0.1, -0.05) is 37.3 Å². The number of aryl methyl sites for hydroxylation is 1. The van der Waals surface area contributed by atoms with Crippen LogP contribution < -0.4 is 14.8 Å². The molecule has 0 bridgehead atoms. The van der Waals surface area contributed by atoms with Gasteiger partial charge in [-0.25, -0.2) is 0 Å². The van der Waals surface area contributed by atoms with Gasteiger partial charge in [0.15, 0.2) is 6.10 Å². The molecule has 1 N–H and O–H groups in total. The predicted molar refractivity (Wildman–Crippen MR) is 95.6 cm³/mol. The van der Waals surface area contributed by atoms with Gasteiger partial charge in [0.1, 0.15) is 11.5 Å². The number of hydrogen-bond donors (Lipinski definition) is 1. The minimum absolute atomic E-state index is 0.102. The number of carbonyl (C=O) groups excluding carboxylic acids is 1. The predicted octanol–water partition coefficient (Wildman–Crippen LogP) is 3.38. The third kappa shape index (κ3) is 5.01. The normalized spacial score (nSPS) is 11.6. The van der Waals surface area contributed by atoms with Crippen LogP contribution in [0.2, 0.25) is 0 Å². The van der Waals surface area contributed by atoms with Gasteiger partial charge >= 0.3 is 0 Å². The molecule has 0 radical (unpaired) electrons. The maximum Gasteiger partial charge on any atom is 0.260 e. The zero-order chi connectivity index (χ0) is 17.4. The quantitative estimate of drug-likeness (QED) is 0.808. The molecule has 2 aromatic carbocycles. The van der Waals surface area contributed by atoms with E-state index in [2.05, 4.69) is 12.2 Å². The van der Waals surface area contributed by atoms with E-state index in [1.807, 2.05) is 48.5 Å². The number of ether oxygens (including phenoxy) is 2. The number of carbonyl (C=O) groups is 1. The molecule has 1 amide bonds. The standard InChI is InChI=1S/C20H25NO3/c1-4-17-7-5-6-8-19(17)24-15(2)20(22)21-14-13-16-9-11-18(23-3)12-10-16/h5-12,15H,4,13-14H2,1-3H3,(H,21,22)/t15-/m1/s1. The molecule has 24 heavy (non-hydrogen) atoms. The second-order valence-corrected chi connectivity index (χ2v) is 5.61. The lowest BCUT2D eigenvalue weighted by molar-refractivity contribution is -0.127. The van der Waals surface area contributed by atoms with E-state index in [4.69, 9.17) is 9.47 Å². The van der Waals surface area contributed by atoms with Crippen LogP contribution in [0, 0.1) is 0 Å². The molecule has 0 aliphatic rings. The highest BCUT2D eigenvalue weighted by molar-refractivity contribution is 5.80. The van der Waals surface area contributed by atoms with Crippen molar-refractivity contribution in [3.8, 4) is 11.5 Å². The zero-order valence-electron chi connectivity index (χ0n) is 14.5. The van der Waals surface area contributed by atoms with Gasteiger partial charge in [-0.2, -0.15) is 0 Å². The smallest absolute Gasteiger partial charge is 0.260 e. The third-order valence-corrected chi connectivity index (χ3v) is 3.90. The van der Waals surface area contributed by atoms with Crippen molar-refractivity contribution in [1.82, 2.24) is 5.32 Å². The van der Waals surface area contributed by atoms with Crippen LogP contribution in [0.25, 0.3) is 0 Å². The molecule has 0 aliphatic heterocycles. The van der Waals surface area contributed by atoms with Crippen molar-refractivity contribution in [3.63, 3.8) is 0 Å². The number of para-hydroxylation sites is 1. The van der Waals surface area contributed by atoms with Crippen molar-refractivity contribution in [2.75, 3.05) is 13.7 Å². The van der Waals surface area contributed by atoms with Crippen LogP contribution in [-0.2, 0) is 17.6 Å². The van der Waals surface area contributed by atoms with Crippen molar-refractivity contribution >= 4 is 5.91 Å². The molecule has 2 rings (SSSR count). The van der Waals surface area contributed by atoms with E-state index in [0.717, 1.165) is 35.5 Å². The lowest BCUT2D eigenvalue weighted by Gasteiger charge is -2.17. The molecule has 0 aliphatic carbocycles. The average Bonchev–Trinajstić information content (AvgIpc) is 2.62. The monoisotopic (exact) mass is 327 g/mol. The topological polar surface area (TPSA) is 47.6 Å². The van der Waals surface area contributed by atoms with E-state index in [0.29, 0.717) is 6.54 Å². The van der Waals surface area contributed by atoms with Crippen LogP contribution in [0.1, 0.15) is 25.0 Å². The minimum atomic E-state index is -0.520. The molecule has 4 heteroatoms. The van der Waals surface area contributed by atoms with Gasteiger partial charge in [-0.15, -0.1) is 0 Å². The number of methoxy groups -OCH3 is 1. The summed E-state index contributed by atoms with van der Waals surface area (Å²) in [4.78, 5) is 12.2. The highest BCUT2D eigenvalue weighted by Gasteiger charge is 2.15. The van der Waals surface area contributed by atoms with Crippen LogP contribution in [0.15, 0.2) is 48.5 Å². The fourth-order valence-corrected chi connectivity index (χ4v) is 2.42. The Morgan fingerprint density at radius 3 is 2.50 bits per heavy atom. The summed E-state index contributed by atoms with van der Waals surface area (Å²) in [6.45, 7) is 4.42. The molecule has 0 fully saturated rings. The highest BCUT2D eigenvalue weighted by atomic mass is 16.5. The molecule has 0 saturated carbocycles. The Hall–Kier alpha value is -2.49. The van der Waals surface area contributed by atoms with Gasteiger partial charge in [-0.3, -0.25) is 4.79 Å². The van der Waals surface area contributed by atoms with E-state index in [1.165, 1.54) is 0 Å². The molecule has 0 unspecified atom stereocenters. The zero-order valence-corrected chi connectivity index (χ0v) is 14.5. The van der Waals surface area contributed by atoms with E-state index in [-0.39, 0.29) is 5.91 Å².